The van der Waals surface area contributed by atoms with Gasteiger partial charge in [-0.2, -0.15) is 0 Å². The van der Waals surface area contributed by atoms with Crippen molar-refractivity contribution in [2.75, 3.05) is 5.75 Å². The van der Waals surface area contributed by atoms with Crippen LogP contribution in [0.3, 0.4) is 0 Å². The molecule has 56 valence electrons. The first-order valence-corrected chi connectivity index (χ1v) is 6.93. The average molecular weight is 211 g/mol. The Hall–Kier alpha value is 0.869. The Morgan fingerprint density at radius 3 is 2.56 bits per heavy atom. The van der Waals surface area contributed by atoms with Gasteiger partial charge in [-0.25, -0.2) is 0 Å². The maximum atomic E-state index is 2.28. The third-order valence-corrected chi connectivity index (χ3v) is 4.46. The van der Waals surface area contributed by atoms with Gasteiger partial charge in [0.05, 0.1) is 0 Å². The Kier molecular flexibility index (Phi) is 7.66. The van der Waals surface area contributed by atoms with E-state index in [-0.39, 0.29) is 0 Å². The Balaban J connectivity index is 2.75. The van der Waals surface area contributed by atoms with E-state index in [1.54, 1.807) is 0 Å². The molecule has 0 aromatic rings. The predicted molar refractivity (Wildman–Crippen MR) is 48.6 cm³/mol. The zero-order chi connectivity index (χ0) is 7.11. The average Bonchev–Trinajstić information content (AvgIpc) is 1.80. The van der Waals surface area contributed by atoms with Crippen LogP contribution in [0.2, 0.25) is 10.6 Å². The normalized spacial score (nSPS) is 10.7. The van der Waals surface area contributed by atoms with Crippen molar-refractivity contribution in [3.8, 4) is 0 Å². The molecule has 0 atom stereocenters. The fourth-order valence-corrected chi connectivity index (χ4v) is 3.13. The van der Waals surface area contributed by atoms with Crippen LogP contribution >= 0.6 is 11.8 Å². The molecule has 0 aliphatic rings. The van der Waals surface area contributed by atoms with Crippen LogP contribution in [-0.2, 0) is 0 Å². The summed E-state index contributed by atoms with van der Waals surface area (Å²) in [5.74, 6) is 1.38. The number of thioether (sulfide) groups is 1. The monoisotopic (exact) mass is 212 g/mol. The van der Waals surface area contributed by atoms with Crippen LogP contribution in [-0.4, -0.2) is 26.0 Å². The van der Waals surface area contributed by atoms with Crippen LogP contribution in [0, 0.1) is 0 Å². The van der Waals surface area contributed by atoms with E-state index in [1.165, 1.54) is 16.4 Å². The number of rotatable bonds is 5. The molecule has 0 N–H and O–H groups in total. The molecule has 0 unspecified atom stereocenters. The summed E-state index contributed by atoms with van der Waals surface area (Å²) in [6.07, 6.45) is 0. The maximum absolute atomic E-state index is 2.28. The first-order valence-electron chi connectivity index (χ1n) is 3.46. The molecule has 0 saturated heterocycles. The molecule has 0 amide bonds. The van der Waals surface area contributed by atoms with E-state index in [0.29, 0.717) is 0 Å². The summed E-state index contributed by atoms with van der Waals surface area (Å²) in [6, 6.07) is 0. The van der Waals surface area contributed by atoms with Crippen molar-refractivity contribution in [1.82, 2.24) is 0 Å². The standard InChI is InChI=1S/C7H16SSe/c1-4-9-6-5-8-7(2)3/h7H,4-6H2,1-3H3. The van der Waals surface area contributed by atoms with Crippen LogP contribution < -0.4 is 0 Å². The molecule has 0 bridgehead atoms. The summed E-state index contributed by atoms with van der Waals surface area (Å²) in [7, 11) is 0. The van der Waals surface area contributed by atoms with Crippen LogP contribution in [0.4, 0.5) is 0 Å². The summed E-state index contributed by atoms with van der Waals surface area (Å²) in [5, 5.41) is 3.70. The Bertz CT molecular complexity index is 54.9. The van der Waals surface area contributed by atoms with E-state index in [9.17, 15) is 0 Å². The fraction of sp³-hybridized carbons (Fsp3) is 1.00. The Labute approximate surface area is 69.3 Å². The minimum absolute atomic E-state index is 0.831. The van der Waals surface area contributed by atoms with E-state index in [2.05, 4.69) is 32.5 Å². The molecule has 9 heavy (non-hydrogen) atoms. The minimum atomic E-state index is 0.831. The van der Waals surface area contributed by atoms with Gasteiger partial charge in [0.25, 0.3) is 0 Å². The van der Waals surface area contributed by atoms with E-state index in [0.717, 1.165) is 20.2 Å². The van der Waals surface area contributed by atoms with Crippen molar-refractivity contribution < 1.29 is 0 Å². The van der Waals surface area contributed by atoms with E-state index >= 15 is 0 Å². The van der Waals surface area contributed by atoms with Gasteiger partial charge in [0, 0.05) is 0 Å². The first-order chi connectivity index (χ1) is 4.27. The van der Waals surface area contributed by atoms with Crippen molar-refractivity contribution in [2.24, 2.45) is 0 Å². The Morgan fingerprint density at radius 2 is 2.11 bits per heavy atom. The second kappa shape index (κ2) is 6.98. The van der Waals surface area contributed by atoms with Gasteiger partial charge in [-0.3, -0.25) is 0 Å². The summed E-state index contributed by atoms with van der Waals surface area (Å²) in [6.45, 7) is 6.81. The summed E-state index contributed by atoms with van der Waals surface area (Å²) >= 11 is 3.02. The van der Waals surface area contributed by atoms with Crippen LogP contribution in [0.25, 0.3) is 0 Å². The second-order valence-corrected chi connectivity index (χ2v) is 6.73. The van der Waals surface area contributed by atoms with Gasteiger partial charge in [0.1, 0.15) is 0 Å². The molecule has 0 aliphatic carbocycles. The van der Waals surface area contributed by atoms with Gasteiger partial charge < -0.3 is 0 Å². The molecule has 0 aromatic carbocycles. The fourth-order valence-electron chi connectivity index (χ4n) is 0.487. The Morgan fingerprint density at radius 1 is 1.44 bits per heavy atom. The van der Waals surface area contributed by atoms with Crippen LogP contribution in [0.5, 0.6) is 0 Å². The molecule has 0 radical (unpaired) electrons. The zero-order valence-corrected chi connectivity index (χ0v) is 9.04. The number of hydrogen-bond acceptors (Lipinski definition) is 1. The summed E-state index contributed by atoms with van der Waals surface area (Å²) in [4.78, 5) is 0. The van der Waals surface area contributed by atoms with Crippen molar-refractivity contribution in [2.45, 2.75) is 36.7 Å². The summed E-state index contributed by atoms with van der Waals surface area (Å²) < 4.78 is 0. The van der Waals surface area contributed by atoms with E-state index in [1.807, 2.05) is 0 Å². The molecule has 2 heteroatoms. The molecule has 0 spiro atoms. The van der Waals surface area contributed by atoms with E-state index < -0.39 is 0 Å². The molecule has 0 saturated carbocycles. The third kappa shape index (κ3) is 8.87. The summed E-state index contributed by atoms with van der Waals surface area (Å²) in [5.41, 5.74) is 0. The quantitative estimate of drug-likeness (QED) is 0.497. The predicted octanol–water partition coefficient (Wildman–Crippen LogP) is 2.69. The van der Waals surface area contributed by atoms with Crippen LogP contribution in [0.1, 0.15) is 20.8 Å². The molecular weight excluding hydrogens is 195 g/mol. The van der Waals surface area contributed by atoms with Crippen molar-refractivity contribution >= 4 is 26.7 Å². The van der Waals surface area contributed by atoms with Gasteiger partial charge in [-0.1, -0.05) is 0 Å². The zero-order valence-electron chi connectivity index (χ0n) is 6.52. The van der Waals surface area contributed by atoms with Gasteiger partial charge in [0.15, 0.2) is 0 Å². The van der Waals surface area contributed by atoms with Gasteiger partial charge in [-0.05, 0) is 0 Å². The SMILES string of the molecule is CC[Se]CCSC(C)C. The number of hydrogen-bond donors (Lipinski definition) is 0. The second-order valence-electron chi connectivity index (χ2n) is 2.12. The van der Waals surface area contributed by atoms with Gasteiger partial charge in [-0.15, -0.1) is 0 Å². The first kappa shape index (κ1) is 9.87. The van der Waals surface area contributed by atoms with Gasteiger partial charge >= 0.3 is 69.1 Å². The molecule has 0 rings (SSSR count). The van der Waals surface area contributed by atoms with Gasteiger partial charge in [0.2, 0.25) is 0 Å². The van der Waals surface area contributed by atoms with Crippen molar-refractivity contribution in [3.05, 3.63) is 0 Å². The topological polar surface area (TPSA) is 0 Å². The van der Waals surface area contributed by atoms with Crippen molar-refractivity contribution in [1.29, 1.82) is 0 Å². The molecular formula is C7H16SSe. The van der Waals surface area contributed by atoms with E-state index in [4.69, 9.17) is 0 Å². The molecule has 0 aliphatic heterocycles. The third-order valence-electron chi connectivity index (χ3n) is 0.883. The molecule has 0 aromatic heterocycles. The molecule has 0 fully saturated rings. The molecule has 0 heterocycles. The molecule has 0 nitrogen and oxygen atoms in total. The van der Waals surface area contributed by atoms with Crippen LogP contribution in [0.15, 0.2) is 0 Å². The van der Waals surface area contributed by atoms with Crippen molar-refractivity contribution in [3.63, 3.8) is 0 Å².